The van der Waals surface area contributed by atoms with Gasteiger partial charge in [-0.1, -0.05) is 11.6 Å². The average molecular weight is 559 g/mol. The van der Waals surface area contributed by atoms with Crippen LogP contribution in [0.5, 0.6) is 5.75 Å². The minimum absolute atomic E-state index is 0.0259. The molecule has 0 unspecified atom stereocenters. The summed E-state index contributed by atoms with van der Waals surface area (Å²) >= 11 is 6.34. The van der Waals surface area contributed by atoms with E-state index in [1.54, 1.807) is 53.6 Å². The van der Waals surface area contributed by atoms with Gasteiger partial charge in [0, 0.05) is 46.4 Å². The molecule has 1 amide bonds. The Balaban J connectivity index is 1.35. The highest BCUT2D eigenvalue weighted by atomic mass is 35.5. The Morgan fingerprint density at radius 1 is 1.12 bits per heavy atom. The maximum atomic E-state index is 13.4. The number of amides is 1. The van der Waals surface area contributed by atoms with Gasteiger partial charge in [0.25, 0.3) is 5.91 Å². The average Bonchev–Trinajstić information content (AvgIpc) is 3.35. The molecule has 0 aliphatic heterocycles. The summed E-state index contributed by atoms with van der Waals surface area (Å²) in [6.45, 7) is 0.327. The van der Waals surface area contributed by atoms with Gasteiger partial charge >= 0.3 is 5.97 Å². The predicted octanol–water partition coefficient (Wildman–Crippen LogP) is 4.84. The van der Waals surface area contributed by atoms with Gasteiger partial charge in [0.2, 0.25) is 0 Å². The van der Waals surface area contributed by atoms with Crippen molar-refractivity contribution in [3.8, 4) is 23.2 Å². The second kappa shape index (κ2) is 11.7. The van der Waals surface area contributed by atoms with Gasteiger partial charge < -0.3 is 15.2 Å². The van der Waals surface area contributed by atoms with Crippen molar-refractivity contribution in [3.05, 3.63) is 70.6 Å². The lowest BCUT2D eigenvalue weighted by Gasteiger charge is -2.28. The fourth-order valence-electron chi connectivity index (χ4n) is 5.18. The number of aromatic nitrogens is 4. The zero-order chi connectivity index (χ0) is 28.2. The zero-order valence-corrected chi connectivity index (χ0v) is 22.6. The topological polar surface area (TPSA) is 143 Å². The van der Waals surface area contributed by atoms with Crippen LogP contribution in [0.15, 0.2) is 48.9 Å². The summed E-state index contributed by atoms with van der Waals surface area (Å²) in [6.07, 6.45) is 8.22. The molecule has 1 saturated carbocycles. The molecule has 0 atom stereocenters. The van der Waals surface area contributed by atoms with Crippen molar-refractivity contribution in [3.63, 3.8) is 0 Å². The molecule has 0 radical (unpaired) electrons. The number of rotatable bonds is 8. The second-order valence-corrected chi connectivity index (χ2v) is 10.4. The molecule has 0 spiro atoms. The number of hydrogen-bond donors (Lipinski definition) is 2. The first-order valence-electron chi connectivity index (χ1n) is 12.9. The molecule has 2 N–H and O–H groups in total. The molecule has 2 aromatic heterocycles. The SMILES string of the molecule is COc1cc(C#N)cc(-c2ncc(Cn3ncc4cc(Cl)cc(C(=O)NC5CCC(CC(=O)O)CC5)c43)cn2)c1. The fourth-order valence-corrected chi connectivity index (χ4v) is 5.41. The van der Waals surface area contributed by atoms with E-state index in [9.17, 15) is 14.9 Å². The number of carbonyl (C=O) groups is 2. The summed E-state index contributed by atoms with van der Waals surface area (Å²) < 4.78 is 7.00. The zero-order valence-electron chi connectivity index (χ0n) is 21.8. The molecule has 5 rings (SSSR count). The normalized spacial score (nSPS) is 16.8. The molecule has 40 heavy (non-hydrogen) atoms. The van der Waals surface area contributed by atoms with Gasteiger partial charge in [-0.15, -0.1) is 0 Å². The van der Waals surface area contributed by atoms with E-state index in [0.717, 1.165) is 36.6 Å². The van der Waals surface area contributed by atoms with Crippen LogP contribution in [0.1, 0.15) is 53.6 Å². The lowest BCUT2D eigenvalue weighted by molar-refractivity contribution is -0.138. The van der Waals surface area contributed by atoms with Crippen molar-refractivity contribution in [1.82, 2.24) is 25.1 Å². The largest absolute Gasteiger partial charge is 0.497 e. The summed E-state index contributed by atoms with van der Waals surface area (Å²) in [5, 5.41) is 27.1. The number of ether oxygens (including phenoxy) is 1. The molecule has 1 aliphatic rings. The van der Waals surface area contributed by atoms with Crippen molar-refractivity contribution in [2.24, 2.45) is 5.92 Å². The Hall–Kier alpha value is -4.49. The number of carboxylic acids is 1. The van der Waals surface area contributed by atoms with Gasteiger partial charge in [0.05, 0.1) is 42.6 Å². The van der Waals surface area contributed by atoms with E-state index in [1.165, 1.54) is 7.11 Å². The summed E-state index contributed by atoms with van der Waals surface area (Å²) in [4.78, 5) is 33.4. The van der Waals surface area contributed by atoms with Gasteiger partial charge in [-0.3, -0.25) is 14.3 Å². The van der Waals surface area contributed by atoms with E-state index in [4.69, 9.17) is 21.4 Å². The molecule has 0 bridgehead atoms. The first-order chi connectivity index (χ1) is 19.3. The minimum Gasteiger partial charge on any atom is -0.497 e. The number of nitrogens with one attached hydrogen (secondary N) is 1. The van der Waals surface area contributed by atoms with Crippen LogP contribution in [0.3, 0.4) is 0 Å². The molecule has 2 aromatic carbocycles. The van der Waals surface area contributed by atoms with Crippen molar-refractivity contribution in [2.75, 3.05) is 7.11 Å². The highest BCUT2D eigenvalue weighted by Crippen LogP contribution is 2.29. The molecular formula is C29H27ClN6O4. The Labute approximate surface area is 235 Å². The van der Waals surface area contributed by atoms with Crippen molar-refractivity contribution >= 4 is 34.4 Å². The first kappa shape index (κ1) is 27.1. The third-order valence-electron chi connectivity index (χ3n) is 7.16. The molecule has 1 fully saturated rings. The third-order valence-corrected chi connectivity index (χ3v) is 7.37. The monoisotopic (exact) mass is 558 g/mol. The molecule has 2 heterocycles. The van der Waals surface area contributed by atoms with E-state index in [1.807, 2.05) is 0 Å². The number of carboxylic acid groups (broad SMARTS) is 1. The summed E-state index contributed by atoms with van der Waals surface area (Å²) in [5.41, 5.74) is 2.96. The molecule has 11 heteroatoms. The van der Waals surface area contributed by atoms with Crippen LogP contribution >= 0.6 is 11.6 Å². The summed E-state index contributed by atoms with van der Waals surface area (Å²) in [6, 6.07) is 10.6. The van der Waals surface area contributed by atoms with E-state index >= 15 is 0 Å². The highest BCUT2D eigenvalue weighted by Gasteiger charge is 2.25. The lowest BCUT2D eigenvalue weighted by Crippen LogP contribution is -2.38. The molecular weight excluding hydrogens is 532 g/mol. The maximum absolute atomic E-state index is 13.4. The fraction of sp³-hybridized carbons (Fsp3) is 0.310. The van der Waals surface area contributed by atoms with E-state index in [2.05, 4.69) is 26.5 Å². The van der Waals surface area contributed by atoms with Crippen molar-refractivity contribution in [2.45, 2.75) is 44.7 Å². The maximum Gasteiger partial charge on any atom is 0.303 e. The van der Waals surface area contributed by atoms with Gasteiger partial charge in [-0.25, -0.2) is 9.97 Å². The minimum atomic E-state index is -0.782. The Morgan fingerprint density at radius 2 is 1.88 bits per heavy atom. The standard InChI is InChI=1S/C29H27ClN6O4/c1-40-24-7-18(12-31)6-20(10-24)28-32-13-19(14-33-28)16-36-27-21(15-34-36)9-22(30)11-25(27)29(39)35-23-4-2-17(3-5-23)8-26(37)38/h6-7,9-11,13-15,17,23H,2-5,8,16H2,1H3,(H,35,39)(H,37,38). The number of benzene rings is 2. The number of fused-ring (bicyclic) bond motifs is 1. The quantitative estimate of drug-likeness (QED) is 0.313. The smallest absolute Gasteiger partial charge is 0.303 e. The predicted molar refractivity (Wildman–Crippen MR) is 148 cm³/mol. The van der Waals surface area contributed by atoms with Gasteiger partial charge in [0.15, 0.2) is 5.82 Å². The summed E-state index contributed by atoms with van der Waals surface area (Å²) in [5.74, 6) is 0.122. The number of carbonyl (C=O) groups excluding carboxylic acids is 1. The van der Waals surface area contributed by atoms with Crippen LogP contribution in [-0.2, 0) is 11.3 Å². The van der Waals surface area contributed by atoms with Crippen LogP contribution < -0.4 is 10.1 Å². The highest BCUT2D eigenvalue weighted by molar-refractivity contribution is 6.32. The molecule has 4 aromatic rings. The van der Waals surface area contributed by atoms with Gasteiger partial charge in [-0.05, 0) is 61.9 Å². The van der Waals surface area contributed by atoms with Crippen LogP contribution in [0.4, 0.5) is 0 Å². The van der Waals surface area contributed by atoms with E-state index in [-0.39, 0.29) is 24.3 Å². The van der Waals surface area contributed by atoms with Crippen LogP contribution in [0, 0.1) is 17.2 Å². The second-order valence-electron chi connectivity index (χ2n) is 9.96. The number of methoxy groups -OCH3 is 1. The number of nitrogens with zero attached hydrogens (tertiary/aromatic N) is 5. The summed E-state index contributed by atoms with van der Waals surface area (Å²) in [7, 11) is 1.53. The van der Waals surface area contributed by atoms with Gasteiger partial charge in [-0.2, -0.15) is 10.4 Å². The van der Waals surface area contributed by atoms with Crippen molar-refractivity contribution < 1.29 is 19.4 Å². The number of hydrogen-bond acceptors (Lipinski definition) is 7. The Morgan fingerprint density at radius 3 is 2.55 bits per heavy atom. The lowest BCUT2D eigenvalue weighted by atomic mass is 9.84. The number of nitriles is 1. The third kappa shape index (κ3) is 6.05. The molecule has 10 nitrogen and oxygen atoms in total. The Kier molecular flexibility index (Phi) is 7.94. The molecule has 204 valence electrons. The number of aliphatic carboxylic acids is 1. The van der Waals surface area contributed by atoms with Gasteiger partial charge in [0.1, 0.15) is 5.75 Å². The molecule has 0 saturated heterocycles. The molecule has 1 aliphatic carbocycles. The van der Waals surface area contributed by atoms with Crippen LogP contribution in [-0.4, -0.2) is 49.9 Å². The Bertz CT molecular complexity index is 1600. The first-order valence-corrected chi connectivity index (χ1v) is 13.3. The van der Waals surface area contributed by atoms with Crippen molar-refractivity contribution in [1.29, 1.82) is 5.26 Å². The van der Waals surface area contributed by atoms with Crippen LogP contribution in [0.2, 0.25) is 5.02 Å². The van der Waals surface area contributed by atoms with E-state index in [0.29, 0.717) is 45.3 Å². The van der Waals surface area contributed by atoms with Crippen LogP contribution in [0.25, 0.3) is 22.3 Å². The van der Waals surface area contributed by atoms with E-state index < -0.39 is 5.97 Å². The number of halogens is 1.